The second-order valence-electron chi connectivity index (χ2n) is 2.41. The molecule has 0 aromatic heterocycles. The molecule has 1 rings (SSSR count). The van der Waals surface area contributed by atoms with Crippen LogP contribution < -0.4 is 0 Å². The highest BCUT2D eigenvalue weighted by atomic mass is 16.5. The largest absolute Gasteiger partial charge is 0.499 e. The van der Waals surface area contributed by atoms with Crippen LogP contribution in [0.3, 0.4) is 0 Å². The van der Waals surface area contributed by atoms with Crippen molar-refractivity contribution >= 4 is 5.91 Å². The van der Waals surface area contributed by atoms with E-state index in [1.165, 1.54) is 0 Å². The Balaban J connectivity index is 2.83. The summed E-state index contributed by atoms with van der Waals surface area (Å²) in [5.41, 5.74) is 0.727. The Hall–Kier alpha value is -0.990. The van der Waals surface area contributed by atoms with Gasteiger partial charge in [0.1, 0.15) is 5.76 Å². The van der Waals surface area contributed by atoms with E-state index in [0.717, 1.165) is 11.3 Å². The van der Waals surface area contributed by atoms with Gasteiger partial charge in [-0.2, -0.15) is 0 Å². The molecule has 3 heteroatoms. The molecule has 0 unspecified atom stereocenters. The number of likely N-dealkylation sites (N-methyl/N-ethyl adjacent to an activating group) is 1. The lowest BCUT2D eigenvalue weighted by atomic mass is 10.3. The van der Waals surface area contributed by atoms with Gasteiger partial charge in [0.25, 0.3) is 5.91 Å². The first-order chi connectivity index (χ1) is 4.66. The first-order valence-corrected chi connectivity index (χ1v) is 3.16. The topological polar surface area (TPSA) is 29.5 Å². The summed E-state index contributed by atoms with van der Waals surface area (Å²) in [5.74, 6) is 0.851. The molecule has 0 atom stereocenters. The minimum atomic E-state index is 0.0665. The molecule has 0 aromatic carbocycles. The van der Waals surface area contributed by atoms with Crippen LogP contribution in [-0.4, -0.2) is 31.5 Å². The quantitative estimate of drug-likeness (QED) is 0.528. The molecule has 1 heterocycles. The number of carbonyl (C=O) groups excluding carboxylic acids is 1. The number of carbonyl (C=O) groups is 1. The predicted molar refractivity (Wildman–Crippen MR) is 37.3 cm³/mol. The van der Waals surface area contributed by atoms with Gasteiger partial charge in [0.2, 0.25) is 0 Å². The van der Waals surface area contributed by atoms with E-state index in [4.69, 9.17) is 4.74 Å². The SMILES string of the molecule is COC1=C(C)C(=O)N(C)C1. The van der Waals surface area contributed by atoms with Crippen LogP contribution in [0.4, 0.5) is 0 Å². The van der Waals surface area contributed by atoms with Gasteiger partial charge >= 0.3 is 0 Å². The van der Waals surface area contributed by atoms with Gasteiger partial charge in [-0.1, -0.05) is 0 Å². The Kier molecular flexibility index (Phi) is 1.66. The van der Waals surface area contributed by atoms with Crippen LogP contribution in [0.15, 0.2) is 11.3 Å². The molecule has 1 aliphatic rings. The van der Waals surface area contributed by atoms with Gasteiger partial charge in [0.05, 0.1) is 19.2 Å². The van der Waals surface area contributed by atoms with Gasteiger partial charge in [-0.15, -0.1) is 0 Å². The van der Waals surface area contributed by atoms with Crippen LogP contribution in [0.5, 0.6) is 0 Å². The van der Waals surface area contributed by atoms with E-state index in [1.54, 1.807) is 26.0 Å². The summed E-state index contributed by atoms with van der Waals surface area (Å²) >= 11 is 0. The summed E-state index contributed by atoms with van der Waals surface area (Å²) in [7, 11) is 3.35. The number of rotatable bonds is 1. The Bertz CT molecular complexity index is 196. The Morgan fingerprint density at radius 3 is 2.40 bits per heavy atom. The van der Waals surface area contributed by atoms with Gasteiger partial charge in [-0.3, -0.25) is 4.79 Å². The van der Waals surface area contributed by atoms with Crippen molar-refractivity contribution in [1.82, 2.24) is 4.90 Å². The molecule has 10 heavy (non-hydrogen) atoms. The summed E-state index contributed by atoms with van der Waals surface area (Å²) in [6, 6.07) is 0. The van der Waals surface area contributed by atoms with Crippen LogP contribution in [0.1, 0.15) is 6.92 Å². The lowest BCUT2D eigenvalue weighted by Crippen LogP contribution is -2.21. The Labute approximate surface area is 60.3 Å². The third-order valence-corrected chi connectivity index (χ3v) is 1.71. The smallest absolute Gasteiger partial charge is 0.253 e. The van der Waals surface area contributed by atoms with Crippen molar-refractivity contribution in [3.63, 3.8) is 0 Å². The molecule has 0 bridgehead atoms. The van der Waals surface area contributed by atoms with Gasteiger partial charge in [-0.25, -0.2) is 0 Å². The third-order valence-electron chi connectivity index (χ3n) is 1.71. The highest BCUT2D eigenvalue weighted by molar-refractivity contribution is 5.95. The molecule has 0 fully saturated rings. The zero-order valence-corrected chi connectivity index (χ0v) is 6.47. The lowest BCUT2D eigenvalue weighted by molar-refractivity contribution is -0.124. The summed E-state index contributed by atoms with van der Waals surface area (Å²) < 4.78 is 4.98. The van der Waals surface area contributed by atoms with Crippen LogP contribution in [0.25, 0.3) is 0 Å². The highest BCUT2D eigenvalue weighted by Crippen LogP contribution is 2.16. The number of hydrogen-bond acceptors (Lipinski definition) is 2. The van der Waals surface area contributed by atoms with Gasteiger partial charge in [0, 0.05) is 7.05 Å². The van der Waals surface area contributed by atoms with E-state index < -0.39 is 0 Å². The van der Waals surface area contributed by atoms with Gasteiger partial charge in [0.15, 0.2) is 0 Å². The molecule has 0 aliphatic carbocycles. The number of nitrogens with zero attached hydrogens (tertiary/aromatic N) is 1. The number of methoxy groups -OCH3 is 1. The zero-order chi connectivity index (χ0) is 7.72. The number of amides is 1. The average molecular weight is 141 g/mol. The van der Waals surface area contributed by atoms with Crippen molar-refractivity contribution in [3.8, 4) is 0 Å². The summed E-state index contributed by atoms with van der Waals surface area (Å²) in [5, 5.41) is 0. The lowest BCUT2D eigenvalue weighted by Gasteiger charge is -2.06. The van der Waals surface area contributed by atoms with E-state index in [2.05, 4.69) is 0 Å². The average Bonchev–Trinajstić information content (AvgIpc) is 2.17. The van der Waals surface area contributed by atoms with Crippen LogP contribution in [0.2, 0.25) is 0 Å². The standard InChI is InChI=1S/C7H11NO2/c1-5-6(10-3)4-8(2)7(5)9/h4H2,1-3H3. The van der Waals surface area contributed by atoms with E-state index in [9.17, 15) is 4.79 Å². The van der Waals surface area contributed by atoms with E-state index in [-0.39, 0.29) is 5.91 Å². The van der Waals surface area contributed by atoms with Crippen molar-refractivity contribution in [2.75, 3.05) is 20.7 Å². The fraction of sp³-hybridized carbons (Fsp3) is 0.571. The van der Waals surface area contributed by atoms with Gasteiger partial charge < -0.3 is 9.64 Å². The maximum absolute atomic E-state index is 11.1. The van der Waals surface area contributed by atoms with Crippen LogP contribution in [0, 0.1) is 0 Å². The molecule has 0 spiro atoms. The molecule has 1 aliphatic heterocycles. The van der Waals surface area contributed by atoms with Crippen molar-refractivity contribution < 1.29 is 9.53 Å². The third kappa shape index (κ3) is 0.875. The predicted octanol–water partition coefficient (Wildman–Crippen LogP) is 0.379. The molecule has 3 nitrogen and oxygen atoms in total. The van der Waals surface area contributed by atoms with Crippen LogP contribution >= 0.6 is 0 Å². The molecule has 0 radical (unpaired) electrons. The highest BCUT2D eigenvalue weighted by Gasteiger charge is 2.24. The molecule has 0 saturated heterocycles. The molecule has 0 saturated carbocycles. The summed E-state index contributed by atoms with van der Waals surface area (Å²) in [6.45, 7) is 2.39. The first-order valence-electron chi connectivity index (χ1n) is 3.16. The Morgan fingerprint density at radius 2 is 2.20 bits per heavy atom. The summed E-state index contributed by atoms with van der Waals surface area (Å²) in [6.07, 6.45) is 0. The summed E-state index contributed by atoms with van der Waals surface area (Å²) in [4.78, 5) is 12.7. The molecule has 0 N–H and O–H groups in total. The molecule has 0 aromatic rings. The van der Waals surface area contributed by atoms with Gasteiger partial charge in [-0.05, 0) is 6.92 Å². The van der Waals surface area contributed by atoms with Crippen molar-refractivity contribution in [2.24, 2.45) is 0 Å². The Morgan fingerprint density at radius 1 is 1.60 bits per heavy atom. The van der Waals surface area contributed by atoms with E-state index in [0.29, 0.717) is 6.54 Å². The monoisotopic (exact) mass is 141 g/mol. The molecular formula is C7H11NO2. The molecular weight excluding hydrogens is 130 g/mol. The minimum Gasteiger partial charge on any atom is -0.499 e. The molecule has 56 valence electrons. The fourth-order valence-corrected chi connectivity index (χ4v) is 1.03. The maximum Gasteiger partial charge on any atom is 0.253 e. The maximum atomic E-state index is 11.1. The molecule has 1 amide bonds. The normalized spacial score (nSPS) is 18.7. The minimum absolute atomic E-state index is 0.0665. The first kappa shape index (κ1) is 7.12. The zero-order valence-electron chi connectivity index (χ0n) is 6.47. The van der Waals surface area contributed by atoms with Crippen molar-refractivity contribution in [3.05, 3.63) is 11.3 Å². The number of ether oxygens (including phenoxy) is 1. The van der Waals surface area contributed by atoms with Crippen molar-refractivity contribution in [2.45, 2.75) is 6.92 Å². The van der Waals surface area contributed by atoms with Crippen LogP contribution in [-0.2, 0) is 9.53 Å². The fourth-order valence-electron chi connectivity index (χ4n) is 1.03. The second-order valence-corrected chi connectivity index (χ2v) is 2.41. The van der Waals surface area contributed by atoms with Crippen molar-refractivity contribution in [1.29, 1.82) is 0 Å². The van der Waals surface area contributed by atoms with E-state index >= 15 is 0 Å². The van der Waals surface area contributed by atoms with E-state index in [1.807, 2.05) is 0 Å². The second kappa shape index (κ2) is 2.33. The number of hydrogen-bond donors (Lipinski definition) is 0.